The standard InChI is InChI=1S/C15H21N3O4/c1-15(2,3)18-12(19)8-17-14(20)16-7-10-5-4-6-11-13(10)22-9-21-11/h4-6H,7-9H2,1-3H3,(H,18,19)(H2,16,17,20). The molecule has 22 heavy (non-hydrogen) atoms. The minimum atomic E-state index is -0.416. The highest BCUT2D eigenvalue weighted by Gasteiger charge is 2.18. The van der Waals surface area contributed by atoms with Gasteiger partial charge in [0.05, 0.1) is 6.54 Å². The topological polar surface area (TPSA) is 88.7 Å². The van der Waals surface area contributed by atoms with Crippen LogP contribution in [0, 0.1) is 0 Å². The molecule has 3 amide bonds. The van der Waals surface area contributed by atoms with Crippen molar-refractivity contribution in [2.45, 2.75) is 32.9 Å². The molecule has 0 saturated heterocycles. The van der Waals surface area contributed by atoms with Crippen molar-refractivity contribution >= 4 is 11.9 Å². The van der Waals surface area contributed by atoms with Crippen LogP contribution in [0.3, 0.4) is 0 Å². The molecule has 7 heteroatoms. The van der Waals surface area contributed by atoms with Gasteiger partial charge in [0, 0.05) is 17.6 Å². The third-order valence-electron chi connectivity index (χ3n) is 2.84. The number of nitrogens with one attached hydrogen (secondary N) is 3. The Balaban J connectivity index is 1.77. The largest absolute Gasteiger partial charge is 0.454 e. The molecule has 3 N–H and O–H groups in total. The van der Waals surface area contributed by atoms with Gasteiger partial charge in [-0.05, 0) is 26.8 Å². The van der Waals surface area contributed by atoms with Crippen molar-refractivity contribution in [1.29, 1.82) is 0 Å². The van der Waals surface area contributed by atoms with Crippen LogP contribution in [-0.2, 0) is 11.3 Å². The van der Waals surface area contributed by atoms with Crippen molar-refractivity contribution in [3.8, 4) is 11.5 Å². The van der Waals surface area contributed by atoms with E-state index in [2.05, 4.69) is 16.0 Å². The van der Waals surface area contributed by atoms with Crippen LogP contribution >= 0.6 is 0 Å². The summed E-state index contributed by atoms with van der Waals surface area (Å²) in [4.78, 5) is 23.3. The van der Waals surface area contributed by atoms with Gasteiger partial charge in [-0.2, -0.15) is 0 Å². The average molecular weight is 307 g/mol. The Hall–Kier alpha value is -2.44. The molecular formula is C15H21N3O4. The summed E-state index contributed by atoms with van der Waals surface area (Å²) < 4.78 is 10.6. The van der Waals surface area contributed by atoms with Gasteiger partial charge in [0.25, 0.3) is 0 Å². The molecule has 0 aliphatic carbocycles. The number of rotatable bonds is 4. The van der Waals surface area contributed by atoms with Crippen molar-refractivity contribution in [3.05, 3.63) is 23.8 Å². The van der Waals surface area contributed by atoms with Gasteiger partial charge < -0.3 is 25.4 Å². The highest BCUT2D eigenvalue weighted by atomic mass is 16.7. The number of carbonyl (C=O) groups is 2. The van der Waals surface area contributed by atoms with Gasteiger partial charge in [0.15, 0.2) is 11.5 Å². The second kappa shape index (κ2) is 6.55. The van der Waals surface area contributed by atoms with Gasteiger partial charge in [0.1, 0.15) is 0 Å². The Morgan fingerprint density at radius 1 is 1.18 bits per heavy atom. The van der Waals surface area contributed by atoms with E-state index in [0.29, 0.717) is 18.0 Å². The van der Waals surface area contributed by atoms with Gasteiger partial charge in [-0.15, -0.1) is 0 Å². The number of ether oxygens (including phenoxy) is 2. The van der Waals surface area contributed by atoms with E-state index in [4.69, 9.17) is 9.47 Å². The molecule has 0 atom stereocenters. The molecule has 0 saturated carbocycles. The Morgan fingerprint density at radius 2 is 1.95 bits per heavy atom. The lowest BCUT2D eigenvalue weighted by Crippen LogP contribution is -2.47. The summed E-state index contributed by atoms with van der Waals surface area (Å²) in [5.74, 6) is 1.08. The predicted octanol–water partition coefficient (Wildman–Crippen LogP) is 1.13. The van der Waals surface area contributed by atoms with Gasteiger partial charge in [0.2, 0.25) is 12.7 Å². The van der Waals surface area contributed by atoms with Crippen molar-refractivity contribution in [2.75, 3.05) is 13.3 Å². The molecule has 1 aliphatic heterocycles. The summed E-state index contributed by atoms with van der Waals surface area (Å²) in [5, 5.41) is 7.95. The average Bonchev–Trinajstić information content (AvgIpc) is 2.89. The number of hydrogen-bond donors (Lipinski definition) is 3. The third kappa shape index (κ3) is 4.54. The molecule has 0 fully saturated rings. The first-order valence-electron chi connectivity index (χ1n) is 7.05. The zero-order valence-corrected chi connectivity index (χ0v) is 13.0. The van der Waals surface area contributed by atoms with Crippen LogP contribution in [0.2, 0.25) is 0 Å². The second-order valence-electron chi connectivity index (χ2n) is 5.99. The van der Waals surface area contributed by atoms with Gasteiger partial charge >= 0.3 is 6.03 Å². The third-order valence-corrected chi connectivity index (χ3v) is 2.84. The summed E-state index contributed by atoms with van der Waals surface area (Å²) in [6.07, 6.45) is 0. The Kier molecular flexibility index (Phi) is 4.75. The molecule has 0 aromatic heterocycles. The van der Waals surface area contributed by atoms with E-state index < -0.39 is 6.03 Å². The molecule has 1 aliphatic rings. The van der Waals surface area contributed by atoms with Crippen LogP contribution in [0.4, 0.5) is 4.79 Å². The second-order valence-corrected chi connectivity index (χ2v) is 5.99. The van der Waals surface area contributed by atoms with E-state index >= 15 is 0 Å². The van der Waals surface area contributed by atoms with Gasteiger partial charge in [-0.3, -0.25) is 4.79 Å². The predicted molar refractivity (Wildman–Crippen MR) is 80.7 cm³/mol. The number of amides is 3. The van der Waals surface area contributed by atoms with Crippen LogP contribution in [-0.4, -0.2) is 30.8 Å². The first kappa shape index (κ1) is 15.9. The fourth-order valence-corrected chi connectivity index (χ4v) is 1.99. The Labute approximate surface area is 129 Å². The zero-order valence-electron chi connectivity index (χ0n) is 13.0. The number of carbonyl (C=O) groups excluding carboxylic acids is 2. The fraction of sp³-hybridized carbons (Fsp3) is 0.467. The minimum Gasteiger partial charge on any atom is -0.454 e. The van der Waals surface area contributed by atoms with E-state index in [1.54, 1.807) is 0 Å². The lowest BCUT2D eigenvalue weighted by molar-refractivity contribution is -0.121. The summed E-state index contributed by atoms with van der Waals surface area (Å²) in [7, 11) is 0. The smallest absolute Gasteiger partial charge is 0.315 e. The number of hydrogen-bond acceptors (Lipinski definition) is 4. The maximum absolute atomic E-state index is 11.7. The van der Waals surface area contributed by atoms with E-state index in [9.17, 15) is 9.59 Å². The van der Waals surface area contributed by atoms with Crippen LogP contribution in [0.1, 0.15) is 26.3 Å². The molecule has 7 nitrogen and oxygen atoms in total. The molecular weight excluding hydrogens is 286 g/mol. The van der Waals surface area contributed by atoms with Crippen molar-refractivity contribution in [1.82, 2.24) is 16.0 Å². The summed E-state index contributed by atoms with van der Waals surface area (Å²) >= 11 is 0. The molecule has 1 heterocycles. The van der Waals surface area contributed by atoms with E-state index in [1.165, 1.54) is 0 Å². The van der Waals surface area contributed by atoms with Crippen LogP contribution < -0.4 is 25.4 Å². The molecule has 2 rings (SSSR count). The van der Waals surface area contributed by atoms with Gasteiger partial charge in [-0.25, -0.2) is 4.79 Å². The Bertz CT molecular complexity index is 566. The van der Waals surface area contributed by atoms with Crippen molar-refractivity contribution in [2.24, 2.45) is 0 Å². The van der Waals surface area contributed by atoms with E-state index in [1.807, 2.05) is 39.0 Å². The number of urea groups is 1. The normalized spacial score (nSPS) is 12.7. The zero-order chi connectivity index (χ0) is 16.2. The molecule has 0 spiro atoms. The Morgan fingerprint density at radius 3 is 2.68 bits per heavy atom. The molecule has 1 aromatic carbocycles. The molecule has 0 unspecified atom stereocenters. The monoisotopic (exact) mass is 307 g/mol. The number of benzene rings is 1. The van der Waals surface area contributed by atoms with Crippen LogP contribution in [0.5, 0.6) is 11.5 Å². The van der Waals surface area contributed by atoms with Crippen molar-refractivity contribution in [3.63, 3.8) is 0 Å². The fourth-order valence-electron chi connectivity index (χ4n) is 1.99. The van der Waals surface area contributed by atoms with Crippen LogP contribution in [0.15, 0.2) is 18.2 Å². The minimum absolute atomic E-state index is 0.0738. The highest BCUT2D eigenvalue weighted by Crippen LogP contribution is 2.35. The van der Waals surface area contributed by atoms with Crippen LogP contribution in [0.25, 0.3) is 0 Å². The molecule has 1 aromatic rings. The lowest BCUT2D eigenvalue weighted by atomic mass is 10.1. The first-order valence-corrected chi connectivity index (χ1v) is 7.05. The SMILES string of the molecule is CC(C)(C)NC(=O)CNC(=O)NCc1cccc2c1OCO2. The maximum atomic E-state index is 11.7. The molecule has 120 valence electrons. The summed E-state index contributed by atoms with van der Waals surface area (Å²) in [5.41, 5.74) is 0.501. The lowest BCUT2D eigenvalue weighted by Gasteiger charge is -2.20. The van der Waals surface area contributed by atoms with Gasteiger partial charge in [-0.1, -0.05) is 12.1 Å². The maximum Gasteiger partial charge on any atom is 0.315 e. The number of fused-ring (bicyclic) bond motifs is 1. The summed E-state index contributed by atoms with van der Waals surface area (Å²) in [6, 6.07) is 5.07. The summed E-state index contributed by atoms with van der Waals surface area (Å²) in [6.45, 7) is 6.04. The highest BCUT2D eigenvalue weighted by molar-refractivity contribution is 5.84. The van der Waals surface area contributed by atoms with Crippen molar-refractivity contribution < 1.29 is 19.1 Å². The first-order chi connectivity index (χ1) is 10.3. The molecule has 0 bridgehead atoms. The quantitative estimate of drug-likeness (QED) is 0.778. The number of para-hydroxylation sites is 1. The van der Waals surface area contributed by atoms with E-state index in [0.717, 1.165) is 5.56 Å². The van der Waals surface area contributed by atoms with E-state index in [-0.39, 0.29) is 24.8 Å². The molecule has 0 radical (unpaired) electrons.